The highest BCUT2D eigenvalue weighted by atomic mass is 16.5. The van der Waals surface area contributed by atoms with Crippen LogP contribution in [-0.4, -0.2) is 23.8 Å². The maximum absolute atomic E-state index is 13.5. The van der Waals surface area contributed by atoms with Crippen LogP contribution in [0.3, 0.4) is 0 Å². The van der Waals surface area contributed by atoms with Gasteiger partial charge in [-0.3, -0.25) is 14.4 Å². The third kappa shape index (κ3) is 8.18. The summed E-state index contributed by atoms with van der Waals surface area (Å²) in [6.07, 6.45) is 4.73. The summed E-state index contributed by atoms with van der Waals surface area (Å²) in [5.41, 5.74) is 9.65. The van der Waals surface area contributed by atoms with E-state index >= 15 is 0 Å². The average molecular weight is 527 g/mol. The molecule has 203 valence electrons. The number of nitrogens with one attached hydrogen (secondary N) is 2. The van der Waals surface area contributed by atoms with Crippen molar-refractivity contribution in [2.45, 2.75) is 57.7 Å². The summed E-state index contributed by atoms with van der Waals surface area (Å²) in [7, 11) is 0. The molecule has 0 saturated carbocycles. The number of fused-ring (bicyclic) bond motifs is 1. The zero-order chi connectivity index (χ0) is 27.6. The highest BCUT2D eigenvalue weighted by molar-refractivity contribution is 5.92. The molecule has 4 N–H and O–H groups in total. The molecule has 3 aromatic rings. The molecule has 1 aliphatic rings. The van der Waals surface area contributed by atoms with Crippen molar-refractivity contribution in [1.82, 2.24) is 10.6 Å². The van der Waals surface area contributed by atoms with Gasteiger partial charge >= 0.3 is 0 Å². The number of aryl methyl sites for hydroxylation is 1. The number of benzene rings is 3. The van der Waals surface area contributed by atoms with Crippen molar-refractivity contribution in [3.63, 3.8) is 0 Å². The van der Waals surface area contributed by atoms with E-state index in [9.17, 15) is 14.4 Å². The minimum absolute atomic E-state index is 0.102. The third-order valence-corrected chi connectivity index (χ3v) is 7.07. The van der Waals surface area contributed by atoms with E-state index in [4.69, 9.17) is 10.5 Å². The largest absolute Gasteiger partial charge is 0.489 e. The Morgan fingerprint density at radius 1 is 0.974 bits per heavy atom. The Morgan fingerprint density at radius 3 is 2.44 bits per heavy atom. The van der Waals surface area contributed by atoms with Gasteiger partial charge in [-0.15, -0.1) is 0 Å². The number of hydrogen-bond donors (Lipinski definition) is 3. The molecule has 0 heterocycles. The van der Waals surface area contributed by atoms with Crippen LogP contribution in [0, 0.1) is 12.3 Å². The first-order valence-electron chi connectivity index (χ1n) is 13.5. The van der Waals surface area contributed by atoms with E-state index in [1.807, 2.05) is 66.7 Å². The Morgan fingerprint density at radius 2 is 1.69 bits per heavy atom. The fraction of sp³-hybridized carbons (Fsp3) is 0.312. The minimum atomic E-state index is -0.789. The average Bonchev–Trinajstić information content (AvgIpc) is 2.95. The first-order valence-corrected chi connectivity index (χ1v) is 13.5. The van der Waals surface area contributed by atoms with Crippen LogP contribution in [0.4, 0.5) is 0 Å². The zero-order valence-electron chi connectivity index (χ0n) is 22.3. The fourth-order valence-electron chi connectivity index (χ4n) is 4.71. The first-order chi connectivity index (χ1) is 18.9. The van der Waals surface area contributed by atoms with E-state index in [1.54, 1.807) is 6.92 Å². The quantitative estimate of drug-likeness (QED) is 0.328. The van der Waals surface area contributed by atoms with Gasteiger partial charge < -0.3 is 21.1 Å². The molecule has 0 aliphatic heterocycles. The van der Waals surface area contributed by atoms with Crippen molar-refractivity contribution >= 4 is 17.7 Å². The summed E-state index contributed by atoms with van der Waals surface area (Å²) in [4.78, 5) is 37.6. The Balaban J connectivity index is 1.42. The number of amides is 3. The van der Waals surface area contributed by atoms with Crippen LogP contribution in [0.1, 0.15) is 54.5 Å². The molecule has 0 fully saturated rings. The standard InChI is InChI=1S/C32H36N3O4/c1-22(31(33)37)14-19-30(36)34-29(32(38)35-28-13-7-11-25-10-5-6-12-27(25)28)20-23-15-17-26(18-16-23)39-21-24-8-3-2-4-9-24/h2-6,8-10,12,15-19,22,28-29H,7,11,13-14,20-21H2,1H3,(H2,33,37)(H,34,36)(H,35,38). The number of rotatable bonds is 12. The monoisotopic (exact) mass is 526 g/mol. The number of primary amides is 1. The summed E-state index contributed by atoms with van der Waals surface area (Å²) in [6, 6.07) is 24.7. The van der Waals surface area contributed by atoms with E-state index in [2.05, 4.69) is 22.8 Å². The van der Waals surface area contributed by atoms with Crippen molar-refractivity contribution in [3.05, 3.63) is 108 Å². The summed E-state index contributed by atoms with van der Waals surface area (Å²) < 4.78 is 5.88. The molecule has 3 amide bonds. The predicted octanol–water partition coefficient (Wildman–Crippen LogP) is 4.20. The van der Waals surface area contributed by atoms with Gasteiger partial charge in [0.1, 0.15) is 18.4 Å². The summed E-state index contributed by atoms with van der Waals surface area (Å²) in [5, 5.41) is 6.01. The van der Waals surface area contributed by atoms with Crippen molar-refractivity contribution in [2.75, 3.05) is 0 Å². The van der Waals surface area contributed by atoms with Crippen LogP contribution in [0.2, 0.25) is 0 Å². The van der Waals surface area contributed by atoms with Crippen LogP contribution in [0.25, 0.3) is 0 Å². The number of ether oxygens (including phenoxy) is 1. The lowest BCUT2D eigenvalue weighted by Gasteiger charge is -2.28. The van der Waals surface area contributed by atoms with Crippen molar-refractivity contribution in [1.29, 1.82) is 0 Å². The SMILES string of the molecule is CC(C[CH]C(=O)NC(Cc1ccc(OCc2ccccc2)cc1)C(=O)NC1CCCc2ccccc21)C(N)=O. The van der Waals surface area contributed by atoms with Gasteiger partial charge in [0, 0.05) is 12.3 Å². The second-order valence-electron chi connectivity index (χ2n) is 10.1. The molecule has 0 aromatic heterocycles. The van der Waals surface area contributed by atoms with E-state index in [0.29, 0.717) is 13.0 Å². The van der Waals surface area contributed by atoms with Gasteiger partial charge in [-0.2, -0.15) is 0 Å². The molecule has 3 atom stereocenters. The van der Waals surface area contributed by atoms with Crippen molar-refractivity contribution < 1.29 is 19.1 Å². The molecular weight excluding hydrogens is 490 g/mol. The van der Waals surface area contributed by atoms with Gasteiger partial charge in [0.15, 0.2) is 0 Å². The normalized spacial score (nSPS) is 15.9. The second-order valence-corrected chi connectivity index (χ2v) is 10.1. The smallest absolute Gasteiger partial charge is 0.243 e. The molecule has 1 radical (unpaired) electrons. The molecule has 7 heteroatoms. The Labute approximate surface area is 230 Å². The van der Waals surface area contributed by atoms with Gasteiger partial charge in [-0.1, -0.05) is 73.7 Å². The molecule has 3 aromatic carbocycles. The predicted molar refractivity (Wildman–Crippen MR) is 150 cm³/mol. The molecule has 39 heavy (non-hydrogen) atoms. The van der Waals surface area contributed by atoms with Gasteiger partial charge in [0.25, 0.3) is 0 Å². The van der Waals surface area contributed by atoms with Gasteiger partial charge in [-0.05, 0) is 60.1 Å². The van der Waals surface area contributed by atoms with Gasteiger partial charge in [0.2, 0.25) is 17.7 Å². The lowest BCUT2D eigenvalue weighted by Crippen LogP contribution is -2.49. The van der Waals surface area contributed by atoms with E-state index < -0.39 is 23.8 Å². The number of carbonyl (C=O) groups excluding carboxylic acids is 3. The lowest BCUT2D eigenvalue weighted by molar-refractivity contribution is -0.128. The summed E-state index contributed by atoms with van der Waals surface area (Å²) in [5.74, 6) is -0.870. The minimum Gasteiger partial charge on any atom is -0.489 e. The highest BCUT2D eigenvalue weighted by Gasteiger charge is 2.27. The Hall–Kier alpha value is -4.13. The number of carbonyl (C=O) groups is 3. The summed E-state index contributed by atoms with van der Waals surface area (Å²) in [6.45, 7) is 2.13. The highest BCUT2D eigenvalue weighted by Crippen LogP contribution is 2.29. The molecule has 0 saturated heterocycles. The molecule has 0 bridgehead atoms. The van der Waals surface area contributed by atoms with E-state index in [1.165, 1.54) is 12.0 Å². The van der Waals surface area contributed by atoms with Crippen LogP contribution < -0.4 is 21.1 Å². The van der Waals surface area contributed by atoms with Crippen LogP contribution in [0.15, 0.2) is 78.9 Å². The van der Waals surface area contributed by atoms with E-state index in [0.717, 1.165) is 41.7 Å². The zero-order valence-corrected chi connectivity index (χ0v) is 22.3. The van der Waals surface area contributed by atoms with Gasteiger partial charge in [-0.25, -0.2) is 0 Å². The van der Waals surface area contributed by atoms with E-state index in [-0.39, 0.29) is 18.4 Å². The third-order valence-electron chi connectivity index (χ3n) is 7.07. The molecular formula is C32H36N3O4. The Bertz CT molecular complexity index is 1260. The van der Waals surface area contributed by atoms with Crippen LogP contribution in [-0.2, 0) is 33.8 Å². The number of nitrogens with two attached hydrogens (primary N) is 1. The van der Waals surface area contributed by atoms with Crippen molar-refractivity contribution in [2.24, 2.45) is 11.7 Å². The van der Waals surface area contributed by atoms with Crippen LogP contribution >= 0.6 is 0 Å². The molecule has 7 nitrogen and oxygen atoms in total. The fourth-order valence-corrected chi connectivity index (χ4v) is 4.71. The van der Waals surface area contributed by atoms with Gasteiger partial charge in [0.05, 0.1) is 12.5 Å². The molecule has 3 unspecified atom stereocenters. The topological polar surface area (TPSA) is 111 Å². The first kappa shape index (κ1) is 27.9. The van der Waals surface area contributed by atoms with Crippen molar-refractivity contribution in [3.8, 4) is 5.75 Å². The lowest BCUT2D eigenvalue weighted by atomic mass is 9.87. The number of hydrogen-bond acceptors (Lipinski definition) is 4. The molecule has 4 rings (SSSR count). The Kier molecular flexibility index (Phi) is 9.73. The molecule has 0 spiro atoms. The maximum Gasteiger partial charge on any atom is 0.243 e. The summed E-state index contributed by atoms with van der Waals surface area (Å²) >= 11 is 0. The maximum atomic E-state index is 13.5. The second kappa shape index (κ2) is 13.6. The molecule has 1 aliphatic carbocycles. The van der Waals surface area contributed by atoms with Crippen LogP contribution in [0.5, 0.6) is 5.75 Å².